The second-order valence-electron chi connectivity index (χ2n) is 7.51. The minimum absolute atomic E-state index is 0.0565. The van der Waals surface area contributed by atoms with Crippen LogP contribution in [0.5, 0.6) is 11.5 Å². The van der Waals surface area contributed by atoms with Gasteiger partial charge in [-0.2, -0.15) is 0 Å². The molecule has 160 valence electrons. The molecule has 9 heteroatoms. The van der Waals surface area contributed by atoms with Crippen LogP contribution in [0.4, 0.5) is 5.69 Å². The van der Waals surface area contributed by atoms with Crippen LogP contribution in [0.15, 0.2) is 18.2 Å². The maximum atomic E-state index is 12.5. The highest BCUT2D eigenvalue weighted by Gasteiger charge is 2.29. The zero-order valence-corrected chi connectivity index (χ0v) is 17.5. The molecule has 0 spiro atoms. The third kappa shape index (κ3) is 5.85. The van der Waals surface area contributed by atoms with Crippen molar-refractivity contribution in [1.29, 1.82) is 0 Å². The third-order valence-electron chi connectivity index (χ3n) is 5.26. The third-order valence-corrected chi connectivity index (χ3v) is 6.86. The summed E-state index contributed by atoms with van der Waals surface area (Å²) in [7, 11) is -3.37. The Morgan fingerprint density at radius 1 is 1.14 bits per heavy atom. The number of likely N-dealkylation sites (tertiary alicyclic amines) is 1. The van der Waals surface area contributed by atoms with Crippen LogP contribution in [-0.4, -0.2) is 56.5 Å². The number of piperidine rings is 1. The minimum atomic E-state index is -3.37. The van der Waals surface area contributed by atoms with Crippen molar-refractivity contribution >= 4 is 27.3 Å². The van der Waals surface area contributed by atoms with Crippen LogP contribution in [0.25, 0.3) is 0 Å². The summed E-state index contributed by atoms with van der Waals surface area (Å²) >= 11 is 0. The van der Waals surface area contributed by atoms with Gasteiger partial charge in [0.25, 0.3) is 0 Å². The van der Waals surface area contributed by atoms with E-state index in [-0.39, 0.29) is 30.3 Å². The predicted octanol–water partition coefficient (Wildman–Crippen LogP) is 2.20. The predicted molar refractivity (Wildman–Crippen MR) is 109 cm³/mol. The van der Waals surface area contributed by atoms with E-state index >= 15 is 0 Å². The molecular weight excluding hydrogens is 396 g/mol. The highest BCUT2D eigenvalue weighted by molar-refractivity contribution is 7.92. The van der Waals surface area contributed by atoms with Gasteiger partial charge in [-0.1, -0.05) is 19.8 Å². The van der Waals surface area contributed by atoms with Gasteiger partial charge in [0, 0.05) is 30.8 Å². The van der Waals surface area contributed by atoms with E-state index in [1.54, 1.807) is 23.1 Å². The zero-order chi connectivity index (χ0) is 20.9. The van der Waals surface area contributed by atoms with Crippen LogP contribution in [0, 0.1) is 5.92 Å². The van der Waals surface area contributed by atoms with E-state index in [9.17, 15) is 18.0 Å². The summed E-state index contributed by atoms with van der Waals surface area (Å²) in [5.74, 6) is 0.180. The van der Waals surface area contributed by atoms with Gasteiger partial charge in [0.2, 0.25) is 18.6 Å². The highest BCUT2D eigenvalue weighted by atomic mass is 32.2. The minimum Gasteiger partial charge on any atom is -0.454 e. The Bertz CT molecular complexity index is 847. The van der Waals surface area contributed by atoms with Gasteiger partial charge >= 0.3 is 0 Å². The highest BCUT2D eigenvalue weighted by Crippen LogP contribution is 2.34. The molecule has 0 aliphatic carbocycles. The van der Waals surface area contributed by atoms with Crippen LogP contribution in [-0.2, 0) is 19.4 Å². The average Bonchev–Trinajstić information content (AvgIpc) is 3.15. The fourth-order valence-electron chi connectivity index (χ4n) is 3.53. The van der Waals surface area contributed by atoms with Crippen molar-refractivity contribution in [2.45, 2.75) is 39.0 Å². The molecule has 0 unspecified atom stereocenters. The first kappa shape index (κ1) is 21.4. The van der Waals surface area contributed by atoms with Crippen LogP contribution >= 0.6 is 0 Å². The molecule has 1 aromatic carbocycles. The lowest BCUT2D eigenvalue weighted by molar-refractivity contribution is -0.132. The molecule has 2 heterocycles. The molecule has 0 saturated carbocycles. The summed E-state index contributed by atoms with van der Waals surface area (Å²) in [4.78, 5) is 26.4. The van der Waals surface area contributed by atoms with Crippen molar-refractivity contribution in [3.63, 3.8) is 0 Å². The van der Waals surface area contributed by atoms with E-state index in [0.717, 1.165) is 12.8 Å². The molecule has 2 aliphatic rings. The first-order valence-electron chi connectivity index (χ1n) is 10.1. The van der Waals surface area contributed by atoms with Gasteiger partial charge in [-0.3, -0.25) is 9.59 Å². The maximum Gasteiger partial charge on any atom is 0.237 e. The van der Waals surface area contributed by atoms with Gasteiger partial charge in [0.05, 0.1) is 5.75 Å². The molecule has 0 bridgehead atoms. The first-order chi connectivity index (χ1) is 13.9. The summed E-state index contributed by atoms with van der Waals surface area (Å²) in [6.07, 6.45) is 3.40. The van der Waals surface area contributed by atoms with Gasteiger partial charge in [-0.25, -0.2) is 8.42 Å². The van der Waals surface area contributed by atoms with E-state index in [0.29, 0.717) is 49.5 Å². The quantitative estimate of drug-likeness (QED) is 0.642. The van der Waals surface area contributed by atoms with Crippen molar-refractivity contribution in [2.75, 3.05) is 36.7 Å². The fraction of sp³-hybridized carbons (Fsp3) is 0.600. The molecule has 1 N–H and O–H groups in total. The summed E-state index contributed by atoms with van der Waals surface area (Å²) in [5, 5.41) is 2.88. The van der Waals surface area contributed by atoms with Crippen LogP contribution in [0.2, 0.25) is 0 Å². The molecule has 0 aromatic heterocycles. The Labute approximate surface area is 171 Å². The molecule has 3 rings (SSSR count). The summed E-state index contributed by atoms with van der Waals surface area (Å²) in [5.41, 5.74) is 0.635. The number of carbonyl (C=O) groups is 2. The molecule has 1 fully saturated rings. The lowest BCUT2D eigenvalue weighted by Crippen LogP contribution is -2.43. The number of hydrogen-bond acceptors (Lipinski definition) is 6. The second kappa shape index (κ2) is 9.47. The number of fused-ring (bicyclic) bond motifs is 1. The van der Waals surface area contributed by atoms with E-state index in [1.807, 2.05) is 6.92 Å². The molecule has 29 heavy (non-hydrogen) atoms. The number of rotatable bonds is 8. The molecule has 1 saturated heterocycles. The standard InChI is InChI=1S/C20H28N2O6S/c1-2-3-4-11-29(25,26)13-19(23)22-9-7-15(8-10-22)20(24)21-16-5-6-17-18(12-16)28-14-27-17/h5-6,12,15H,2-4,7-11,13-14H2,1H3,(H,21,24). The van der Waals surface area contributed by atoms with E-state index in [2.05, 4.69) is 5.32 Å². The largest absolute Gasteiger partial charge is 0.454 e. The summed E-state index contributed by atoms with van der Waals surface area (Å²) in [6.45, 7) is 2.96. The number of amides is 2. The van der Waals surface area contributed by atoms with Crippen molar-refractivity contribution in [3.05, 3.63) is 18.2 Å². The van der Waals surface area contributed by atoms with Crippen LogP contribution < -0.4 is 14.8 Å². The number of benzene rings is 1. The smallest absolute Gasteiger partial charge is 0.237 e. The van der Waals surface area contributed by atoms with Crippen LogP contribution in [0.3, 0.4) is 0 Å². The van der Waals surface area contributed by atoms with E-state index in [4.69, 9.17) is 9.47 Å². The summed E-state index contributed by atoms with van der Waals surface area (Å²) in [6, 6.07) is 5.23. The Balaban J connectivity index is 1.46. The molecule has 2 amide bonds. The van der Waals surface area contributed by atoms with Crippen LogP contribution in [0.1, 0.15) is 39.0 Å². The SMILES string of the molecule is CCCCCS(=O)(=O)CC(=O)N1CCC(C(=O)Nc2ccc3c(c2)OCO3)CC1. The molecule has 0 radical (unpaired) electrons. The van der Waals surface area contributed by atoms with Crippen molar-refractivity contribution in [2.24, 2.45) is 5.92 Å². The molecule has 0 atom stereocenters. The number of anilines is 1. The fourth-order valence-corrected chi connectivity index (χ4v) is 4.88. The Morgan fingerprint density at radius 2 is 1.86 bits per heavy atom. The monoisotopic (exact) mass is 424 g/mol. The Morgan fingerprint density at radius 3 is 2.59 bits per heavy atom. The topological polar surface area (TPSA) is 102 Å². The average molecular weight is 425 g/mol. The number of ether oxygens (including phenoxy) is 2. The number of carbonyl (C=O) groups excluding carboxylic acids is 2. The van der Waals surface area contributed by atoms with Gasteiger partial charge < -0.3 is 19.7 Å². The van der Waals surface area contributed by atoms with E-state index in [1.165, 1.54) is 0 Å². The van der Waals surface area contributed by atoms with Crippen molar-refractivity contribution in [1.82, 2.24) is 4.90 Å². The lowest BCUT2D eigenvalue weighted by Gasteiger charge is -2.31. The lowest BCUT2D eigenvalue weighted by atomic mass is 9.96. The Hall–Kier alpha value is -2.29. The number of unbranched alkanes of at least 4 members (excludes halogenated alkanes) is 2. The normalized spacial score (nSPS) is 16.7. The molecule has 2 aliphatic heterocycles. The zero-order valence-electron chi connectivity index (χ0n) is 16.7. The second-order valence-corrected chi connectivity index (χ2v) is 9.70. The number of hydrogen-bond donors (Lipinski definition) is 1. The van der Waals surface area contributed by atoms with Crippen molar-refractivity contribution < 1.29 is 27.5 Å². The summed E-state index contributed by atoms with van der Waals surface area (Å²) < 4.78 is 34.7. The first-order valence-corrected chi connectivity index (χ1v) is 11.9. The maximum absolute atomic E-state index is 12.5. The number of sulfone groups is 1. The van der Waals surface area contributed by atoms with Gasteiger partial charge in [0.15, 0.2) is 21.3 Å². The molecule has 8 nitrogen and oxygen atoms in total. The number of nitrogens with zero attached hydrogens (tertiary/aromatic N) is 1. The van der Waals surface area contributed by atoms with Crippen molar-refractivity contribution in [3.8, 4) is 11.5 Å². The van der Waals surface area contributed by atoms with Gasteiger partial charge in [-0.05, 0) is 31.4 Å². The Kier molecular flexibility index (Phi) is 7.00. The van der Waals surface area contributed by atoms with Gasteiger partial charge in [0.1, 0.15) is 5.75 Å². The number of nitrogens with one attached hydrogen (secondary N) is 1. The molecule has 1 aromatic rings. The van der Waals surface area contributed by atoms with Gasteiger partial charge in [-0.15, -0.1) is 0 Å². The van der Waals surface area contributed by atoms with E-state index < -0.39 is 15.6 Å². The molecular formula is C20H28N2O6S.